The second-order valence-corrected chi connectivity index (χ2v) is 3.46. The Kier molecular flexibility index (Phi) is 5.07. The van der Waals surface area contributed by atoms with Crippen molar-refractivity contribution in [2.24, 2.45) is 5.73 Å². The fourth-order valence-corrected chi connectivity index (χ4v) is 1.34. The smallest absolute Gasteiger partial charge is 0.348 e. The van der Waals surface area contributed by atoms with Crippen LogP contribution in [-0.4, -0.2) is 37.8 Å². The van der Waals surface area contributed by atoms with E-state index in [1.807, 2.05) is 0 Å². The number of nitro groups is 1. The molecule has 0 heterocycles. The van der Waals surface area contributed by atoms with Crippen LogP contribution in [0.25, 0.3) is 0 Å². The second-order valence-electron chi connectivity index (χ2n) is 3.46. The Morgan fingerprint density at radius 2 is 2.11 bits per heavy atom. The van der Waals surface area contributed by atoms with Gasteiger partial charge in [-0.2, -0.15) is 0 Å². The van der Waals surface area contributed by atoms with Gasteiger partial charge in [-0.1, -0.05) is 0 Å². The van der Waals surface area contributed by atoms with Crippen molar-refractivity contribution in [3.05, 3.63) is 28.3 Å². The largest absolute Gasteiger partial charge is 0.493 e. The third-order valence-electron chi connectivity index (χ3n) is 2.31. The van der Waals surface area contributed by atoms with Crippen molar-refractivity contribution in [1.82, 2.24) is 0 Å². The van der Waals surface area contributed by atoms with Crippen molar-refractivity contribution in [3.8, 4) is 11.5 Å². The lowest BCUT2D eigenvalue weighted by Gasteiger charge is -2.16. The van der Waals surface area contributed by atoms with E-state index in [9.17, 15) is 14.9 Å². The fourth-order valence-electron chi connectivity index (χ4n) is 1.34. The van der Waals surface area contributed by atoms with E-state index < -0.39 is 17.0 Å². The predicted molar refractivity (Wildman–Crippen MR) is 65.1 cm³/mol. The van der Waals surface area contributed by atoms with E-state index in [1.165, 1.54) is 32.4 Å². The number of hydrogen-bond acceptors (Lipinski definition) is 7. The van der Waals surface area contributed by atoms with E-state index in [1.54, 1.807) is 0 Å². The minimum absolute atomic E-state index is 0.0905. The van der Waals surface area contributed by atoms with Crippen molar-refractivity contribution in [2.75, 3.05) is 20.8 Å². The molecule has 0 saturated heterocycles. The van der Waals surface area contributed by atoms with E-state index in [4.69, 9.17) is 15.2 Å². The highest BCUT2D eigenvalue weighted by Gasteiger charge is 2.22. The lowest BCUT2D eigenvalue weighted by molar-refractivity contribution is -0.385. The number of benzene rings is 1. The summed E-state index contributed by atoms with van der Waals surface area (Å²) in [6.45, 7) is -0.0905. The first-order chi connectivity index (χ1) is 9.03. The van der Waals surface area contributed by atoms with E-state index in [2.05, 4.69) is 4.74 Å². The lowest BCUT2D eigenvalue weighted by Crippen LogP contribution is -2.36. The minimum atomic E-state index is -1.000. The summed E-state index contributed by atoms with van der Waals surface area (Å²) in [6, 6.07) is 3.77. The Bertz CT molecular complexity index is 476. The molecule has 104 valence electrons. The number of hydrogen-bond donors (Lipinski definition) is 1. The zero-order valence-corrected chi connectivity index (χ0v) is 10.5. The van der Waals surface area contributed by atoms with Crippen molar-refractivity contribution in [1.29, 1.82) is 0 Å². The molecule has 1 aromatic rings. The Morgan fingerprint density at radius 3 is 2.58 bits per heavy atom. The van der Waals surface area contributed by atoms with Gasteiger partial charge in [0.05, 0.1) is 25.2 Å². The van der Waals surface area contributed by atoms with Crippen LogP contribution in [0.2, 0.25) is 0 Å². The minimum Gasteiger partial charge on any atom is -0.493 e. The number of nitrogens with two attached hydrogens (primary N) is 1. The molecule has 1 unspecified atom stereocenters. The number of methoxy groups -OCH3 is 2. The monoisotopic (exact) mass is 270 g/mol. The van der Waals surface area contributed by atoms with Gasteiger partial charge in [-0.25, -0.2) is 4.79 Å². The second kappa shape index (κ2) is 6.55. The number of nitrogens with zero attached hydrogens (tertiary/aromatic N) is 1. The molecule has 1 atom stereocenters. The van der Waals surface area contributed by atoms with Crippen molar-refractivity contribution in [3.63, 3.8) is 0 Å². The molecule has 0 fully saturated rings. The highest BCUT2D eigenvalue weighted by atomic mass is 16.6. The third-order valence-corrected chi connectivity index (χ3v) is 2.31. The lowest BCUT2D eigenvalue weighted by atomic mass is 10.2. The normalized spacial score (nSPS) is 11.5. The van der Waals surface area contributed by atoms with Gasteiger partial charge in [0, 0.05) is 12.6 Å². The van der Waals surface area contributed by atoms with Crippen molar-refractivity contribution in [2.45, 2.75) is 6.10 Å². The van der Waals surface area contributed by atoms with Gasteiger partial charge in [0.25, 0.3) is 5.69 Å². The summed E-state index contributed by atoms with van der Waals surface area (Å²) in [4.78, 5) is 21.4. The summed E-state index contributed by atoms with van der Waals surface area (Å²) in [5.41, 5.74) is 5.25. The molecule has 0 spiro atoms. The van der Waals surface area contributed by atoms with Gasteiger partial charge in [0.15, 0.2) is 11.5 Å². The van der Waals surface area contributed by atoms with Crippen molar-refractivity contribution < 1.29 is 23.9 Å². The summed E-state index contributed by atoms with van der Waals surface area (Å²) in [6.07, 6.45) is -1.000. The first-order valence-corrected chi connectivity index (χ1v) is 5.30. The molecule has 0 radical (unpaired) electrons. The van der Waals surface area contributed by atoms with E-state index in [0.29, 0.717) is 0 Å². The standard InChI is InChI=1S/C11H14N2O6/c1-17-9-5-7(13(15)16)3-4-8(9)19-10(6-12)11(14)18-2/h3-5,10H,6,12H2,1-2H3. The molecule has 0 bridgehead atoms. The number of carbonyl (C=O) groups is 1. The molecule has 0 aliphatic heterocycles. The van der Waals surface area contributed by atoms with E-state index >= 15 is 0 Å². The topological polar surface area (TPSA) is 114 Å². The van der Waals surface area contributed by atoms with E-state index in [-0.39, 0.29) is 23.7 Å². The third kappa shape index (κ3) is 3.55. The maximum Gasteiger partial charge on any atom is 0.348 e. The Morgan fingerprint density at radius 1 is 1.42 bits per heavy atom. The van der Waals surface area contributed by atoms with Crippen LogP contribution in [0.4, 0.5) is 5.69 Å². The molecule has 8 heteroatoms. The summed E-state index contributed by atoms with van der Waals surface area (Å²) in [5.74, 6) is -0.326. The SMILES string of the molecule is COC(=O)C(CN)Oc1ccc([N+](=O)[O-])cc1OC. The highest BCUT2D eigenvalue weighted by molar-refractivity contribution is 5.75. The first kappa shape index (κ1) is 14.7. The fraction of sp³-hybridized carbons (Fsp3) is 0.364. The van der Waals surface area contributed by atoms with Gasteiger partial charge in [0.1, 0.15) is 0 Å². The molecular weight excluding hydrogens is 256 g/mol. The van der Waals surface area contributed by atoms with Crippen LogP contribution in [0.1, 0.15) is 0 Å². The summed E-state index contributed by atoms with van der Waals surface area (Å²) in [7, 11) is 2.54. The zero-order chi connectivity index (χ0) is 14.4. The van der Waals surface area contributed by atoms with Gasteiger partial charge in [0.2, 0.25) is 6.10 Å². The molecule has 0 aromatic heterocycles. The number of non-ortho nitro benzene ring substituents is 1. The average molecular weight is 270 g/mol. The Hall–Kier alpha value is -2.35. The van der Waals surface area contributed by atoms with Gasteiger partial charge >= 0.3 is 5.97 Å². The first-order valence-electron chi connectivity index (χ1n) is 5.30. The van der Waals surface area contributed by atoms with Crippen LogP contribution in [0.5, 0.6) is 11.5 Å². The van der Waals surface area contributed by atoms with E-state index in [0.717, 1.165) is 0 Å². The number of rotatable bonds is 6. The van der Waals surface area contributed by atoms with Gasteiger partial charge in [-0.05, 0) is 6.07 Å². The summed E-state index contributed by atoms with van der Waals surface area (Å²) >= 11 is 0. The Labute approximate surface area is 109 Å². The zero-order valence-electron chi connectivity index (χ0n) is 10.5. The molecular formula is C11H14N2O6. The van der Waals surface area contributed by atoms with Crippen LogP contribution in [0.15, 0.2) is 18.2 Å². The number of nitro benzene ring substituents is 1. The van der Waals surface area contributed by atoms with Crippen LogP contribution in [0, 0.1) is 10.1 Å². The summed E-state index contributed by atoms with van der Waals surface area (Å²) in [5, 5.41) is 10.6. The maximum atomic E-state index is 11.3. The molecule has 2 N–H and O–H groups in total. The molecule has 0 amide bonds. The number of esters is 1. The van der Waals surface area contributed by atoms with Crippen LogP contribution >= 0.6 is 0 Å². The molecule has 0 saturated carbocycles. The molecule has 8 nitrogen and oxygen atoms in total. The molecule has 0 aliphatic carbocycles. The van der Waals surface area contributed by atoms with Crippen LogP contribution in [0.3, 0.4) is 0 Å². The number of carbonyl (C=O) groups excluding carboxylic acids is 1. The summed E-state index contributed by atoms with van der Waals surface area (Å²) < 4.78 is 14.8. The van der Waals surface area contributed by atoms with Gasteiger partial charge < -0.3 is 19.9 Å². The average Bonchev–Trinajstić information content (AvgIpc) is 2.43. The van der Waals surface area contributed by atoms with Crippen molar-refractivity contribution >= 4 is 11.7 Å². The predicted octanol–water partition coefficient (Wildman–Crippen LogP) is 0.482. The number of ether oxygens (including phenoxy) is 3. The molecule has 0 aliphatic rings. The maximum absolute atomic E-state index is 11.3. The Balaban J connectivity index is 3.00. The molecule has 1 rings (SSSR count). The van der Waals surface area contributed by atoms with Crippen LogP contribution in [-0.2, 0) is 9.53 Å². The van der Waals surface area contributed by atoms with Gasteiger partial charge in [-0.3, -0.25) is 10.1 Å². The van der Waals surface area contributed by atoms with Gasteiger partial charge in [-0.15, -0.1) is 0 Å². The molecule has 1 aromatic carbocycles. The highest BCUT2D eigenvalue weighted by Crippen LogP contribution is 2.31. The quantitative estimate of drug-likeness (QED) is 0.454. The molecule has 19 heavy (non-hydrogen) atoms. The van der Waals surface area contributed by atoms with Crippen LogP contribution < -0.4 is 15.2 Å².